The van der Waals surface area contributed by atoms with Gasteiger partial charge in [-0.3, -0.25) is 4.68 Å². The van der Waals surface area contributed by atoms with Crippen LogP contribution in [-0.2, 0) is 19.0 Å². The maximum atomic E-state index is 4.53. The van der Waals surface area contributed by atoms with Gasteiger partial charge in [-0.25, -0.2) is 4.98 Å². The Morgan fingerprint density at radius 1 is 1.43 bits per heavy atom. The first-order valence-electron chi connectivity index (χ1n) is 5.10. The van der Waals surface area contributed by atoms with E-state index in [1.807, 2.05) is 18.8 Å². The van der Waals surface area contributed by atoms with E-state index in [4.69, 9.17) is 0 Å². The third-order valence-corrected chi connectivity index (χ3v) is 2.46. The molecule has 14 heavy (non-hydrogen) atoms. The highest BCUT2D eigenvalue weighted by Crippen LogP contribution is 2.16. The largest absolute Gasteiger partial charge is 0.308 e. The molecule has 0 fully saturated rings. The van der Waals surface area contributed by atoms with Crippen molar-refractivity contribution in [1.29, 1.82) is 0 Å². The number of nitrogens with one attached hydrogen (secondary N) is 1. The number of aryl methyl sites for hydroxylation is 2. The minimum absolute atomic E-state index is 0.117. The summed E-state index contributed by atoms with van der Waals surface area (Å²) in [5.74, 6) is 1.93. The van der Waals surface area contributed by atoms with Crippen molar-refractivity contribution < 1.29 is 0 Å². The lowest BCUT2D eigenvalue weighted by Crippen LogP contribution is -2.36. The van der Waals surface area contributed by atoms with Crippen LogP contribution in [0.2, 0.25) is 0 Å². The van der Waals surface area contributed by atoms with Crippen molar-refractivity contribution in [3.63, 3.8) is 0 Å². The van der Waals surface area contributed by atoms with E-state index in [0.29, 0.717) is 0 Å². The molecule has 0 radical (unpaired) electrons. The Bertz CT molecular complexity index is 301. The van der Waals surface area contributed by atoms with Crippen molar-refractivity contribution in [2.75, 3.05) is 7.05 Å². The van der Waals surface area contributed by atoms with Crippen LogP contribution < -0.4 is 5.32 Å². The molecule has 0 spiro atoms. The second-order valence-electron chi connectivity index (χ2n) is 4.10. The molecular weight excluding hydrogens is 176 g/mol. The lowest BCUT2D eigenvalue weighted by Gasteiger charge is -2.22. The molecule has 1 aromatic rings. The van der Waals surface area contributed by atoms with Gasteiger partial charge in [0, 0.05) is 13.5 Å². The van der Waals surface area contributed by atoms with Crippen LogP contribution in [0.3, 0.4) is 0 Å². The van der Waals surface area contributed by atoms with Crippen LogP contribution in [0.5, 0.6) is 0 Å². The number of hydrogen-bond donors (Lipinski definition) is 1. The Balaban J connectivity index is 2.98. The first kappa shape index (κ1) is 11.2. The fourth-order valence-corrected chi connectivity index (χ4v) is 1.42. The van der Waals surface area contributed by atoms with Gasteiger partial charge < -0.3 is 5.32 Å². The molecular formula is C10H20N4. The Morgan fingerprint density at radius 2 is 2.07 bits per heavy atom. The van der Waals surface area contributed by atoms with Crippen LogP contribution in [0.4, 0.5) is 0 Å². The van der Waals surface area contributed by atoms with Gasteiger partial charge in [0.1, 0.15) is 5.82 Å². The van der Waals surface area contributed by atoms with E-state index in [-0.39, 0.29) is 5.54 Å². The lowest BCUT2D eigenvalue weighted by atomic mass is 10.1. The summed E-state index contributed by atoms with van der Waals surface area (Å²) in [6, 6.07) is 0. The molecule has 0 aliphatic heterocycles. The van der Waals surface area contributed by atoms with E-state index in [2.05, 4.69) is 36.2 Å². The summed E-state index contributed by atoms with van der Waals surface area (Å²) < 4.78 is 1.86. The molecule has 1 rings (SSSR count). The smallest absolute Gasteiger partial charge is 0.151 e. The maximum absolute atomic E-state index is 4.53. The van der Waals surface area contributed by atoms with Crippen LogP contribution in [-0.4, -0.2) is 21.8 Å². The van der Waals surface area contributed by atoms with Crippen molar-refractivity contribution in [3.05, 3.63) is 11.6 Å². The van der Waals surface area contributed by atoms with E-state index in [1.54, 1.807) is 0 Å². The molecule has 0 saturated carbocycles. The quantitative estimate of drug-likeness (QED) is 0.787. The van der Waals surface area contributed by atoms with E-state index in [0.717, 1.165) is 24.5 Å². The van der Waals surface area contributed by atoms with Crippen molar-refractivity contribution in [1.82, 2.24) is 20.1 Å². The van der Waals surface area contributed by atoms with Gasteiger partial charge in [-0.15, -0.1) is 0 Å². The molecule has 1 N–H and O–H groups in total. The Morgan fingerprint density at radius 3 is 2.57 bits per heavy atom. The van der Waals surface area contributed by atoms with E-state index >= 15 is 0 Å². The zero-order valence-corrected chi connectivity index (χ0v) is 9.76. The highest BCUT2D eigenvalue weighted by Gasteiger charge is 2.24. The van der Waals surface area contributed by atoms with Crippen molar-refractivity contribution in [3.8, 4) is 0 Å². The molecule has 0 unspecified atom stereocenters. The summed E-state index contributed by atoms with van der Waals surface area (Å²) in [6.07, 6.45) is 2.04. The number of hydrogen-bond acceptors (Lipinski definition) is 3. The van der Waals surface area contributed by atoms with E-state index in [1.165, 1.54) is 0 Å². The van der Waals surface area contributed by atoms with Gasteiger partial charge in [-0.05, 0) is 27.3 Å². The van der Waals surface area contributed by atoms with Gasteiger partial charge >= 0.3 is 0 Å². The van der Waals surface area contributed by atoms with Gasteiger partial charge in [-0.2, -0.15) is 5.10 Å². The summed E-state index contributed by atoms with van der Waals surface area (Å²) in [5.41, 5.74) is -0.117. The lowest BCUT2D eigenvalue weighted by molar-refractivity contribution is 0.397. The molecule has 4 heteroatoms. The number of aromatic nitrogens is 3. The monoisotopic (exact) mass is 196 g/mol. The minimum Gasteiger partial charge on any atom is -0.308 e. The standard InChI is InChI=1S/C10H20N4/c1-6-7-8-12-9(14(5)13-8)10(2,3)11-4/h11H,6-7H2,1-5H3. The Labute approximate surface area is 85.7 Å². The third-order valence-electron chi connectivity index (χ3n) is 2.46. The van der Waals surface area contributed by atoms with Crippen LogP contribution in [0.15, 0.2) is 0 Å². The van der Waals surface area contributed by atoms with Crippen LogP contribution >= 0.6 is 0 Å². The van der Waals surface area contributed by atoms with Gasteiger partial charge in [-0.1, -0.05) is 6.92 Å². The SMILES string of the molecule is CCCc1nc(C(C)(C)NC)n(C)n1. The molecule has 1 aromatic heterocycles. The number of rotatable bonds is 4. The second kappa shape index (κ2) is 4.09. The fraction of sp³-hybridized carbons (Fsp3) is 0.800. The van der Waals surface area contributed by atoms with Gasteiger partial charge in [0.25, 0.3) is 0 Å². The minimum atomic E-state index is -0.117. The van der Waals surface area contributed by atoms with Gasteiger partial charge in [0.15, 0.2) is 5.82 Å². The molecule has 0 aromatic carbocycles. The molecule has 0 aliphatic rings. The maximum Gasteiger partial charge on any atom is 0.151 e. The molecule has 80 valence electrons. The zero-order chi connectivity index (χ0) is 10.8. The molecule has 0 amide bonds. The zero-order valence-electron chi connectivity index (χ0n) is 9.76. The summed E-state index contributed by atoms with van der Waals surface area (Å²) in [6.45, 7) is 6.35. The predicted molar refractivity (Wildman–Crippen MR) is 57.1 cm³/mol. The van der Waals surface area contributed by atoms with Gasteiger partial charge in [0.05, 0.1) is 5.54 Å². The molecule has 4 nitrogen and oxygen atoms in total. The normalized spacial score (nSPS) is 12.1. The van der Waals surface area contributed by atoms with Gasteiger partial charge in [0.2, 0.25) is 0 Å². The first-order valence-corrected chi connectivity index (χ1v) is 5.10. The van der Waals surface area contributed by atoms with Crippen molar-refractivity contribution in [2.45, 2.75) is 39.2 Å². The predicted octanol–water partition coefficient (Wildman–Crippen LogP) is 1.22. The summed E-state index contributed by atoms with van der Waals surface area (Å²) >= 11 is 0. The molecule has 0 saturated heterocycles. The average Bonchev–Trinajstić information content (AvgIpc) is 2.48. The topological polar surface area (TPSA) is 42.7 Å². The van der Waals surface area contributed by atoms with E-state index in [9.17, 15) is 0 Å². The Hall–Kier alpha value is -0.900. The molecule has 0 atom stereocenters. The summed E-state index contributed by atoms with van der Waals surface area (Å²) in [5, 5.41) is 7.61. The summed E-state index contributed by atoms with van der Waals surface area (Å²) in [7, 11) is 3.88. The number of nitrogens with zero attached hydrogens (tertiary/aromatic N) is 3. The highest BCUT2D eigenvalue weighted by atomic mass is 15.3. The average molecular weight is 196 g/mol. The Kier molecular flexibility index (Phi) is 3.26. The third kappa shape index (κ3) is 2.12. The van der Waals surface area contributed by atoms with Crippen molar-refractivity contribution >= 4 is 0 Å². The highest BCUT2D eigenvalue weighted by molar-refractivity contribution is 5.04. The van der Waals surface area contributed by atoms with Crippen molar-refractivity contribution in [2.24, 2.45) is 7.05 Å². The van der Waals surface area contributed by atoms with Crippen LogP contribution in [0.1, 0.15) is 38.8 Å². The molecule has 1 heterocycles. The fourth-order valence-electron chi connectivity index (χ4n) is 1.42. The van der Waals surface area contributed by atoms with Crippen LogP contribution in [0, 0.1) is 0 Å². The van der Waals surface area contributed by atoms with E-state index < -0.39 is 0 Å². The molecule has 0 bridgehead atoms. The second-order valence-corrected chi connectivity index (χ2v) is 4.10. The van der Waals surface area contributed by atoms with Crippen LogP contribution in [0.25, 0.3) is 0 Å². The first-order chi connectivity index (χ1) is 6.51. The molecule has 0 aliphatic carbocycles. The summed E-state index contributed by atoms with van der Waals surface area (Å²) in [4.78, 5) is 4.53.